The van der Waals surface area contributed by atoms with Gasteiger partial charge in [0.15, 0.2) is 23.3 Å². The molecule has 1 N–H and O–H groups in total. The predicted octanol–water partition coefficient (Wildman–Crippen LogP) is 3.89. The Morgan fingerprint density at radius 1 is 0.710 bits per heavy atom. The van der Waals surface area contributed by atoms with E-state index in [1.807, 2.05) is 0 Å². The van der Waals surface area contributed by atoms with Gasteiger partial charge < -0.3 is 4.74 Å². The summed E-state index contributed by atoms with van der Waals surface area (Å²) in [7, 11) is -8.38. The first-order valence-corrected chi connectivity index (χ1v) is 11.3. The van der Waals surface area contributed by atoms with Gasteiger partial charge in [0.05, 0.1) is 16.9 Å². The Balaban J connectivity index is 2.14. The first kappa shape index (κ1) is 22.6. The lowest BCUT2D eigenvalue weighted by Crippen LogP contribution is -2.19. The summed E-state index contributed by atoms with van der Waals surface area (Å²) in [6, 6.07) is 10.4. The van der Waals surface area contributed by atoms with Crippen LogP contribution in [0.3, 0.4) is 0 Å². The minimum atomic E-state index is -5.05. The van der Waals surface area contributed by atoms with Crippen molar-refractivity contribution in [3.05, 3.63) is 77.9 Å². The van der Waals surface area contributed by atoms with Gasteiger partial charge in [0.2, 0.25) is 9.84 Å². The quantitative estimate of drug-likeness (QED) is 0.432. The molecule has 0 aliphatic carbocycles. The van der Waals surface area contributed by atoms with Crippen molar-refractivity contribution < 1.29 is 39.1 Å². The molecule has 0 atom stereocenters. The molecule has 6 nitrogen and oxygen atoms in total. The van der Waals surface area contributed by atoms with Crippen LogP contribution in [0.1, 0.15) is 0 Å². The molecule has 0 saturated heterocycles. The van der Waals surface area contributed by atoms with Gasteiger partial charge >= 0.3 is 0 Å². The van der Waals surface area contributed by atoms with Crippen molar-refractivity contribution in [2.45, 2.75) is 14.7 Å². The highest BCUT2D eigenvalue weighted by Crippen LogP contribution is 2.35. The number of hydrogen-bond donors (Lipinski definition) is 1. The van der Waals surface area contributed by atoms with E-state index < -0.39 is 63.5 Å². The first-order valence-electron chi connectivity index (χ1n) is 8.33. The monoisotopic (exact) mass is 475 g/mol. The van der Waals surface area contributed by atoms with Crippen molar-refractivity contribution in [2.75, 3.05) is 11.8 Å². The molecule has 0 saturated carbocycles. The lowest BCUT2D eigenvalue weighted by Gasteiger charge is -2.14. The van der Waals surface area contributed by atoms with Gasteiger partial charge in [0.1, 0.15) is 16.3 Å². The van der Waals surface area contributed by atoms with E-state index in [2.05, 4.69) is 0 Å². The van der Waals surface area contributed by atoms with Gasteiger partial charge in [-0.1, -0.05) is 18.2 Å². The second kappa shape index (κ2) is 8.19. The molecular weight excluding hydrogens is 462 g/mol. The Hall–Kier alpha value is -3.12. The standard InChI is InChI=1S/C19H13F4NO5S2/c1-29-11-7-9-12(10-8-11)30(25,26)19-16(22)14(20)18(15(21)17(19)23)24-31(27,28)13-5-3-2-4-6-13/h2-10,24H,1H3. The highest BCUT2D eigenvalue weighted by molar-refractivity contribution is 7.92. The predicted molar refractivity (Wildman–Crippen MR) is 102 cm³/mol. The Bertz CT molecular complexity index is 1320. The fourth-order valence-electron chi connectivity index (χ4n) is 2.60. The Kier molecular flexibility index (Phi) is 5.96. The molecule has 0 bridgehead atoms. The summed E-state index contributed by atoms with van der Waals surface area (Å²) in [4.78, 5) is -3.00. The molecule has 0 fully saturated rings. The Labute approximate surface area is 175 Å². The maximum Gasteiger partial charge on any atom is 0.262 e. The van der Waals surface area contributed by atoms with Gasteiger partial charge in [-0.2, -0.15) is 0 Å². The van der Waals surface area contributed by atoms with Crippen molar-refractivity contribution in [3.8, 4) is 5.75 Å². The molecular formula is C19H13F4NO5S2. The number of benzene rings is 3. The fraction of sp³-hybridized carbons (Fsp3) is 0.0526. The number of methoxy groups -OCH3 is 1. The molecule has 0 amide bonds. The normalized spacial score (nSPS) is 11.9. The number of ether oxygens (including phenoxy) is 1. The largest absolute Gasteiger partial charge is 0.497 e. The molecule has 164 valence electrons. The molecule has 3 rings (SSSR count). The summed E-state index contributed by atoms with van der Waals surface area (Å²) < 4.78 is 114. The second-order valence-corrected chi connectivity index (χ2v) is 9.63. The summed E-state index contributed by atoms with van der Waals surface area (Å²) in [6.45, 7) is 0. The zero-order valence-electron chi connectivity index (χ0n) is 15.6. The van der Waals surface area contributed by atoms with E-state index in [4.69, 9.17) is 4.74 Å². The van der Waals surface area contributed by atoms with E-state index in [1.54, 1.807) is 0 Å². The van der Waals surface area contributed by atoms with Gasteiger partial charge in [-0.05, 0) is 36.4 Å². The number of sulfonamides is 1. The Morgan fingerprint density at radius 2 is 1.23 bits per heavy atom. The summed E-state index contributed by atoms with van der Waals surface area (Å²) in [6.07, 6.45) is 0. The summed E-state index contributed by atoms with van der Waals surface area (Å²) in [5.74, 6) is -8.76. The van der Waals surface area contributed by atoms with E-state index in [0.717, 1.165) is 36.4 Å². The molecule has 0 unspecified atom stereocenters. The van der Waals surface area contributed by atoms with Crippen molar-refractivity contribution in [2.24, 2.45) is 0 Å². The van der Waals surface area contributed by atoms with Crippen molar-refractivity contribution in [1.29, 1.82) is 0 Å². The number of sulfone groups is 1. The maximum absolute atomic E-state index is 14.6. The van der Waals surface area contributed by atoms with Crippen LogP contribution in [0.2, 0.25) is 0 Å². The van der Waals surface area contributed by atoms with E-state index in [9.17, 15) is 34.4 Å². The van der Waals surface area contributed by atoms with Gasteiger partial charge in [-0.3, -0.25) is 4.72 Å². The van der Waals surface area contributed by atoms with Crippen molar-refractivity contribution >= 4 is 25.5 Å². The van der Waals surface area contributed by atoms with Gasteiger partial charge in [-0.15, -0.1) is 0 Å². The number of nitrogens with one attached hydrogen (secondary N) is 1. The third-order valence-corrected chi connectivity index (χ3v) is 7.31. The highest BCUT2D eigenvalue weighted by atomic mass is 32.2. The number of anilines is 1. The van der Waals surface area contributed by atoms with Gasteiger partial charge in [0, 0.05) is 0 Å². The summed E-state index contributed by atoms with van der Waals surface area (Å²) >= 11 is 0. The summed E-state index contributed by atoms with van der Waals surface area (Å²) in [5.41, 5.74) is -1.69. The van der Waals surface area contributed by atoms with Crippen LogP contribution in [0.4, 0.5) is 23.2 Å². The molecule has 0 aliphatic heterocycles. The molecule has 0 aliphatic rings. The summed E-state index contributed by atoms with van der Waals surface area (Å²) in [5, 5.41) is 0. The maximum atomic E-state index is 14.6. The van der Waals surface area contributed by atoms with E-state index in [-0.39, 0.29) is 5.75 Å². The van der Waals surface area contributed by atoms with Crippen LogP contribution in [-0.4, -0.2) is 23.9 Å². The topological polar surface area (TPSA) is 89.5 Å². The minimum Gasteiger partial charge on any atom is -0.497 e. The Morgan fingerprint density at radius 3 is 1.71 bits per heavy atom. The molecule has 3 aromatic rings. The number of halogens is 4. The zero-order valence-corrected chi connectivity index (χ0v) is 17.2. The molecule has 0 radical (unpaired) electrons. The number of rotatable bonds is 6. The fourth-order valence-corrected chi connectivity index (χ4v) is 5.07. The van der Waals surface area contributed by atoms with Crippen molar-refractivity contribution in [1.82, 2.24) is 0 Å². The van der Waals surface area contributed by atoms with E-state index in [0.29, 0.717) is 0 Å². The van der Waals surface area contributed by atoms with E-state index >= 15 is 0 Å². The molecule has 3 aromatic carbocycles. The molecule has 31 heavy (non-hydrogen) atoms. The van der Waals surface area contributed by atoms with Gasteiger partial charge in [-0.25, -0.2) is 34.4 Å². The lowest BCUT2D eigenvalue weighted by atomic mass is 10.2. The second-order valence-electron chi connectivity index (χ2n) is 6.06. The van der Waals surface area contributed by atoms with E-state index in [1.165, 1.54) is 30.0 Å². The lowest BCUT2D eigenvalue weighted by molar-refractivity contribution is 0.414. The van der Waals surface area contributed by atoms with Crippen molar-refractivity contribution in [3.63, 3.8) is 0 Å². The van der Waals surface area contributed by atoms with Crippen LogP contribution in [0.15, 0.2) is 69.3 Å². The molecule has 12 heteroatoms. The third kappa shape index (κ3) is 4.08. The third-order valence-electron chi connectivity index (χ3n) is 4.15. The van der Waals surface area contributed by atoms with Crippen LogP contribution in [0.25, 0.3) is 0 Å². The van der Waals surface area contributed by atoms with Crippen LogP contribution >= 0.6 is 0 Å². The molecule has 0 spiro atoms. The molecule has 0 heterocycles. The van der Waals surface area contributed by atoms with Crippen LogP contribution in [0.5, 0.6) is 5.75 Å². The SMILES string of the molecule is COc1ccc(S(=O)(=O)c2c(F)c(F)c(NS(=O)(=O)c3ccccc3)c(F)c2F)cc1. The van der Waals surface area contributed by atoms with Crippen LogP contribution < -0.4 is 9.46 Å². The molecule has 0 aromatic heterocycles. The van der Waals surface area contributed by atoms with Crippen LogP contribution in [0, 0.1) is 23.3 Å². The zero-order chi connectivity index (χ0) is 23.0. The number of hydrogen-bond acceptors (Lipinski definition) is 5. The minimum absolute atomic E-state index is 0.225. The van der Waals surface area contributed by atoms with Gasteiger partial charge in [0.25, 0.3) is 10.0 Å². The highest BCUT2D eigenvalue weighted by Gasteiger charge is 2.35. The average Bonchev–Trinajstić information content (AvgIpc) is 2.76. The average molecular weight is 475 g/mol. The van der Waals surface area contributed by atoms with Crippen LogP contribution in [-0.2, 0) is 19.9 Å². The first-order chi connectivity index (χ1) is 14.5. The smallest absolute Gasteiger partial charge is 0.262 e.